The molecule has 0 bridgehead atoms. The van der Waals surface area contributed by atoms with Crippen LogP contribution in [0.15, 0.2) is 48.5 Å². The van der Waals surface area contributed by atoms with Crippen molar-refractivity contribution < 1.29 is 18.7 Å². The summed E-state index contributed by atoms with van der Waals surface area (Å²) < 4.78 is 18.7. The summed E-state index contributed by atoms with van der Waals surface area (Å²) >= 11 is 0. The Kier molecular flexibility index (Phi) is 12.9. The summed E-state index contributed by atoms with van der Waals surface area (Å²) in [5.41, 5.74) is 1.54. The van der Waals surface area contributed by atoms with Crippen molar-refractivity contribution in [1.29, 1.82) is 0 Å². The molecule has 8 nitrogen and oxygen atoms in total. The second-order valence-corrected chi connectivity index (χ2v) is 10.0. The number of ether oxygens (including phenoxy) is 1. The molecule has 2 aromatic carbocycles. The lowest BCUT2D eigenvalue weighted by Gasteiger charge is -2.36. The van der Waals surface area contributed by atoms with Crippen molar-refractivity contribution in [3.8, 4) is 5.75 Å². The summed E-state index contributed by atoms with van der Waals surface area (Å²) in [6.07, 6.45) is 7.02. The van der Waals surface area contributed by atoms with Crippen LogP contribution in [-0.4, -0.2) is 79.7 Å². The van der Waals surface area contributed by atoms with Crippen molar-refractivity contribution in [3.05, 3.63) is 59.9 Å². The van der Waals surface area contributed by atoms with Gasteiger partial charge in [0.1, 0.15) is 11.6 Å². The minimum absolute atomic E-state index is 0.0947. The first-order chi connectivity index (χ1) is 19.0. The Morgan fingerprint density at radius 2 is 1.64 bits per heavy atom. The maximum atomic E-state index is 13.4. The first-order valence-corrected chi connectivity index (χ1v) is 14.2. The van der Waals surface area contributed by atoms with Crippen molar-refractivity contribution in [2.75, 3.05) is 58.2 Å². The van der Waals surface area contributed by atoms with E-state index in [4.69, 9.17) is 4.74 Å². The average Bonchev–Trinajstić information content (AvgIpc) is 2.96. The lowest BCUT2D eigenvalue weighted by atomic mass is 10.1. The fourth-order valence-electron chi connectivity index (χ4n) is 4.65. The van der Waals surface area contributed by atoms with Gasteiger partial charge in [0, 0.05) is 52.4 Å². The number of carbonyl (C=O) groups excluding carboxylic acids is 2. The molecule has 1 saturated heterocycles. The summed E-state index contributed by atoms with van der Waals surface area (Å²) in [5.74, 6) is 0.339. The highest BCUT2D eigenvalue weighted by Gasteiger charge is 2.23. The number of hydrogen-bond acceptors (Lipinski definition) is 4. The van der Waals surface area contributed by atoms with Gasteiger partial charge in [-0.3, -0.25) is 4.90 Å². The van der Waals surface area contributed by atoms with Crippen LogP contribution in [0.4, 0.5) is 19.7 Å². The third-order valence-corrected chi connectivity index (χ3v) is 7.07. The maximum Gasteiger partial charge on any atom is 0.322 e. The van der Waals surface area contributed by atoms with E-state index in [1.165, 1.54) is 37.8 Å². The molecule has 0 unspecified atom stereocenters. The van der Waals surface area contributed by atoms with E-state index in [0.29, 0.717) is 50.7 Å². The molecule has 0 radical (unpaired) electrons. The van der Waals surface area contributed by atoms with Crippen molar-refractivity contribution in [2.24, 2.45) is 0 Å². The molecule has 9 heteroatoms. The molecule has 1 aliphatic heterocycles. The quantitative estimate of drug-likeness (QED) is 0.307. The van der Waals surface area contributed by atoms with Gasteiger partial charge < -0.3 is 25.2 Å². The summed E-state index contributed by atoms with van der Waals surface area (Å²) in [7, 11) is 1.58. The molecule has 0 spiro atoms. The van der Waals surface area contributed by atoms with Crippen molar-refractivity contribution in [3.63, 3.8) is 0 Å². The molecule has 3 rings (SSSR count). The molecule has 2 aromatic rings. The van der Waals surface area contributed by atoms with Gasteiger partial charge in [-0.05, 0) is 36.2 Å². The number of nitrogens with one attached hydrogen (secondary N) is 2. The largest absolute Gasteiger partial charge is 0.495 e. The van der Waals surface area contributed by atoms with E-state index in [-0.39, 0.29) is 17.9 Å². The molecule has 2 N–H and O–H groups in total. The number of nitrogens with zero attached hydrogens (tertiary/aromatic N) is 3. The number of hydrogen-bond donors (Lipinski definition) is 2. The molecule has 0 atom stereocenters. The molecule has 1 aliphatic rings. The topological polar surface area (TPSA) is 77.2 Å². The Labute approximate surface area is 232 Å². The number of carbonyl (C=O) groups is 2. The molecule has 1 fully saturated rings. The van der Waals surface area contributed by atoms with E-state index < -0.39 is 0 Å². The van der Waals surface area contributed by atoms with Gasteiger partial charge >= 0.3 is 12.1 Å². The highest BCUT2D eigenvalue weighted by atomic mass is 19.1. The van der Waals surface area contributed by atoms with Crippen LogP contribution in [0.2, 0.25) is 0 Å². The Bertz CT molecular complexity index is 1010. The predicted octanol–water partition coefficient (Wildman–Crippen LogP) is 5.56. The van der Waals surface area contributed by atoms with Crippen LogP contribution < -0.4 is 15.4 Å². The average molecular weight is 542 g/mol. The molecule has 0 aliphatic carbocycles. The van der Waals surface area contributed by atoms with Gasteiger partial charge in [-0.15, -0.1) is 0 Å². The standard InChI is InChI=1S/C30H44FN5O3/c1-3-4-5-6-7-10-17-32-29(37)36(24-25-13-15-26(31)16-14-25)23-20-34-18-21-35(22-19-34)30(38)33-27-11-8-9-12-28(27)39-2/h8-9,11-16H,3-7,10,17-24H2,1-2H3,(H,32,37)(H,33,38). The fraction of sp³-hybridized carbons (Fsp3) is 0.533. The third-order valence-electron chi connectivity index (χ3n) is 7.07. The van der Waals surface area contributed by atoms with E-state index in [1.54, 1.807) is 29.0 Å². The number of unbranched alkanes of at least 4 members (excludes halogenated alkanes) is 5. The SMILES string of the molecule is CCCCCCCCNC(=O)N(CCN1CCN(C(=O)Nc2ccccc2OC)CC1)Cc1ccc(F)cc1. The van der Waals surface area contributed by atoms with Crippen LogP contribution in [0.3, 0.4) is 0 Å². The second-order valence-electron chi connectivity index (χ2n) is 10.0. The predicted molar refractivity (Wildman–Crippen MR) is 154 cm³/mol. The number of rotatable bonds is 14. The van der Waals surface area contributed by atoms with E-state index in [0.717, 1.165) is 31.5 Å². The Morgan fingerprint density at radius 1 is 0.949 bits per heavy atom. The van der Waals surface area contributed by atoms with Crippen LogP contribution in [0, 0.1) is 5.82 Å². The zero-order valence-electron chi connectivity index (χ0n) is 23.5. The molecular weight excluding hydrogens is 497 g/mol. The number of urea groups is 2. The minimum Gasteiger partial charge on any atom is -0.495 e. The molecule has 214 valence electrons. The molecule has 0 aromatic heterocycles. The number of para-hydroxylation sites is 2. The molecule has 39 heavy (non-hydrogen) atoms. The van der Waals surface area contributed by atoms with Crippen LogP contribution >= 0.6 is 0 Å². The van der Waals surface area contributed by atoms with Crippen molar-refractivity contribution in [2.45, 2.75) is 52.0 Å². The Morgan fingerprint density at radius 3 is 2.36 bits per heavy atom. The van der Waals surface area contributed by atoms with Crippen LogP contribution in [0.25, 0.3) is 0 Å². The highest BCUT2D eigenvalue weighted by Crippen LogP contribution is 2.23. The molecule has 0 saturated carbocycles. The zero-order chi connectivity index (χ0) is 27.9. The van der Waals surface area contributed by atoms with Gasteiger partial charge in [0.15, 0.2) is 0 Å². The third kappa shape index (κ3) is 10.4. The van der Waals surface area contributed by atoms with Gasteiger partial charge in [-0.1, -0.05) is 63.3 Å². The highest BCUT2D eigenvalue weighted by molar-refractivity contribution is 5.91. The number of halogens is 1. The van der Waals surface area contributed by atoms with Crippen LogP contribution in [-0.2, 0) is 6.54 Å². The van der Waals surface area contributed by atoms with Crippen LogP contribution in [0.5, 0.6) is 5.75 Å². The lowest BCUT2D eigenvalue weighted by Crippen LogP contribution is -2.52. The van der Waals surface area contributed by atoms with E-state index >= 15 is 0 Å². The van der Waals surface area contributed by atoms with E-state index in [2.05, 4.69) is 22.5 Å². The summed E-state index contributed by atoms with van der Waals surface area (Å²) in [5, 5.41) is 6.01. The molecule has 4 amide bonds. The van der Waals surface area contributed by atoms with Crippen LogP contribution in [0.1, 0.15) is 51.0 Å². The number of anilines is 1. The van der Waals surface area contributed by atoms with Gasteiger partial charge in [-0.25, -0.2) is 14.0 Å². The smallest absolute Gasteiger partial charge is 0.322 e. The van der Waals surface area contributed by atoms with E-state index in [9.17, 15) is 14.0 Å². The first-order valence-electron chi connectivity index (χ1n) is 14.2. The van der Waals surface area contributed by atoms with E-state index in [1.807, 2.05) is 24.3 Å². The summed E-state index contributed by atoms with van der Waals surface area (Å²) in [6, 6.07) is 13.4. The zero-order valence-corrected chi connectivity index (χ0v) is 23.5. The van der Waals surface area contributed by atoms with Gasteiger partial charge in [0.05, 0.1) is 12.8 Å². The molecule has 1 heterocycles. The Balaban J connectivity index is 1.46. The van der Waals surface area contributed by atoms with Crippen molar-refractivity contribution >= 4 is 17.7 Å². The number of piperazine rings is 1. The summed E-state index contributed by atoms with van der Waals surface area (Å²) in [6.45, 7) is 7.18. The normalized spacial score (nSPS) is 13.7. The number of methoxy groups -OCH3 is 1. The van der Waals surface area contributed by atoms with Gasteiger partial charge in [0.25, 0.3) is 0 Å². The maximum absolute atomic E-state index is 13.4. The summed E-state index contributed by atoms with van der Waals surface area (Å²) in [4.78, 5) is 31.7. The number of benzene rings is 2. The first kappa shape index (κ1) is 30.2. The monoisotopic (exact) mass is 541 g/mol. The fourth-order valence-corrected chi connectivity index (χ4v) is 4.65. The second kappa shape index (κ2) is 16.6. The minimum atomic E-state index is -0.287. The Hall–Kier alpha value is -3.33. The van der Waals surface area contributed by atoms with Gasteiger partial charge in [0.2, 0.25) is 0 Å². The van der Waals surface area contributed by atoms with Crippen molar-refractivity contribution in [1.82, 2.24) is 20.0 Å². The molecular formula is C30H44FN5O3. The lowest BCUT2D eigenvalue weighted by molar-refractivity contribution is 0.134. The van der Waals surface area contributed by atoms with Gasteiger partial charge in [-0.2, -0.15) is 0 Å². The number of amides is 4.